The quantitative estimate of drug-likeness (QED) is 0.163. The summed E-state index contributed by atoms with van der Waals surface area (Å²) in [5.41, 5.74) is 0.366. The van der Waals surface area contributed by atoms with E-state index in [2.05, 4.69) is 22.0 Å². The van der Waals surface area contributed by atoms with E-state index in [1.54, 1.807) is 44.2 Å². The van der Waals surface area contributed by atoms with E-state index >= 15 is 0 Å². The van der Waals surface area contributed by atoms with Gasteiger partial charge in [0, 0.05) is 32.0 Å². The van der Waals surface area contributed by atoms with Crippen LogP contribution >= 0.6 is 11.8 Å². The van der Waals surface area contributed by atoms with Gasteiger partial charge >= 0.3 is 11.9 Å². The Hall–Kier alpha value is -5.21. The van der Waals surface area contributed by atoms with Crippen molar-refractivity contribution in [3.05, 3.63) is 58.7 Å². The molecular weight excluding hydrogens is 853 g/mol. The Morgan fingerprint density at radius 2 is 1.63 bits per heavy atom. The summed E-state index contributed by atoms with van der Waals surface area (Å²) in [6, 6.07) is 5.05. The minimum Gasteiger partial charge on any atom is -0.456 e. The minimum atomic E-state index is -1.57. The van der Waals surface area contributed by atoms with Crippen LogP contribution in [0.15, 0.2) is 47.6 Å². The van der Waals surface area contributed by atoms with E-state index < -0.39 is 102 Å². The Labute approximate surface area is 390 Å². The van der Waals surface area contributed by atoms with Gasteiger partial charge in [-0.15, -0.1) is 11.8 Å². The summed E-state index contributed by atoms with van der Waals surface area (Å²) in [5, 5.41) is 17.6. The highest BCUT2D eigenvalue weighted by Gasteiger charge is 2.40. The molecule has 2 rings (SSSR count). The number of nitrogens with one attached hydrogen (secondary N) is 3. The highest BCUT2D eigenvalue weighted by molar-refractivity contribution is 7.98. The van der Waals surface area contributed by atoms with E-state index in [0.717, 1.165) is 10.5 Å². The first-order valence-corrected chi connectivity index (χ1v) is 23.6. The van der Waals surface area contributed by atoms with E-state index in [0.29, 0.717) is 23.5 Å². The third-order valence-corrected chi connectivity index (χ3v) is 12.0. The molecule has 1 heterocycles. The number of likely N-dealkylation sites (N-methyl/N-ethyl adjacent to an activating group) is 2. The Morgan fingerprint density at radius 1 is 1.00 bits per heavy atom. The van der Waals surface area contributed by atoms with E-state index in [4.69, 9.17) is 14.2 Å². The fraction of sp³-hybridized carbons (Fsp3) is 0.625. The molecule has 0 radical (unpaired) electrons. The number of benzene rings is 1. The molecule has 8 atom stereocenters. The van der Waals surface area contributed by atoms with Crippen molar-refractivity contribution in [3.8, 4) is 6.07 Å². The molecule has 0 bridgehead atoms. The van der Waals surface area contributed by atoms with E-state index in [-0.39, 0.29) is 30.8 Å². The fourth-order valence-corrected chi connectivity index (χ4v) is 7.43. The van der Waals surface area contributed by atoms with E-state index in [9.17, 15) is 38.8 Å². The number of hydrogen-bond acceptors (Lipinski definition) is 12. The monoisotopic (exact) mass is 925 g/mol. The van der Waals surface area contributed by atoms with Gasteiger partial charge < -0.3 is 40.0 Å². The number of carbonyl (C=O) groups excluding carboxylic acids is 7. The topological polar surface area (TPSA) is 214 Å². The molecule has 0 spiro atoms. The average Bonchev–Trinajstić information content (AvgIpc) is 3.26. The van der Waals surface area contributed by atoms with Crippen molar-refractivity contribution in [1.82, 2.24) is 25.8 Å². The summed E-state index contributed by atoms with van der Waals surface area (Å²) >= 11 is 1.45. The molecule has 5 amide bonds. The highest BCUT2D eigenvalue weighted by Crippen LogP contribution is 2.27. The van der Waals surface area contributed by atoms with Crippen LogP contribution in [-0.4, -0.2) is 126 Å². The van der Waals surface area contributed by atoms with Crippen LogP contribution in [0.25, 0.3) is 0 Å². The van der Waals surface area contributed by atoms with Crippen molar-refractivity contribution in [2.45, 2.75) is 144 Å². The first-order valence-electron chi connectivity index (χ1n) is 22.2. The highest BCUT2D eigenvalue weighted by atomic mass is 32.2. The molecule has 1 aliphatic heterocycles. The molecule has 3 N–H and O–H groups in total. The first-order chi connectivity index (χ1) is 30.4. The van der Waals surface area contributed by atoms with Crippen molar-refractivity contribution < 1.29 is 47.8 Å². The number of ether oxygens (including phenoxy) is 3. The standard InChI is InChI=1S/C48H72N6O10S/c1-15-29(5)40-43(57)52-48(10,11)47(61)64-41(30(6)16-2)32(8)37(62-27-65-14)22-17-31(7)46(60)63-38(23-28(3)4)42(56)50-33(9)44(58)54(13)36(45(59)53(12)26-39(55)51-40)24-34-18-20-35(25-49)21-19-34/h16-21,28-29,32-33,36-38,40-41H,15,22-24,26-27H2,1-14H3,(H,50,56)(H,51,55)(H,52,57)/b30-16+,31-17+/t29-,32+,33+,36-,37+,38-,40+,41-/m1/s1. The normalized spacial score (nSPS) is 26.8. The Kier molecular flexibility index (Phi) is 22.4. The zero-order valence-corrected chi connectivity index (χ0v) is 41.6. The van der Waals surface area contributed by atoms with Crippen LogP contribution in [0, 0.1) is 29.1 Å². The molecule has 0 saturated heterocycles. The third kappa shape index (κ3) is 16.6. The molecule has 360 valence electrons. The lowest BCUT2D eigenvalue weighted by Gasteiger charge is -2.35. The van der Waals surface area contributed by atoms with Crippen LogP contribution in [0.2, 0.25) is 0 Å². The lowest BCUT2D eigenvalue weighted by atomic mass is 9.90. The molecule has 1 aromatic rings. The summed E-state index contributed by atoms with van der Waals surface area (Å²) in [4.78, 5) is 99.9. The zero-order chi connectivity index (χ0) is 49.3. The summed E-state index contributed by atoms with van der Waals surface area (Å²) in [7, 11) is 2.81. The van der Waals surface area contributed by atoms with Gasteiger partial charge in [-0.05, 0) is 95.7 Å². The van der Waals surface area contributed by atoms with E-state index in [1.165, 1.54) is 51.5 Å². The molecule has 16 nitrogen and oxygen atoms in total. The third-order valence-electron chi connectivity index (χ3n) is 11.7. The number of thioether (sulfide) groups is 1. The fourth-order valence-electron chi connectivity index (χ4n) is 7.12. The Bertz CT molecular complexity index is 1940. The molecule has 65 heavy (non-hydrogen) atoms. The van der Waals surface area contributed by atoms with Gasteiger partial charge in [-0.3, -0.25) is 24.0 Å². The number of esters is 2. The summed E-state index contributed by atoms with van der Waals surface area (Å²) in [5.74, 6) is -5.40. The summed E-state index contributed by atoms with van der Waals surface area (Å²) < 4.78 is 18.2. The molecular formula is C48H72N6O10S. The number of carbonyl (C=O) groups is 7. The van der Waals surface area contributed by atoms with E-state index in [1.807, 2.05) is 53.9 Å². The van der Waals surface area contributed by atoms with Gasteiger partial charge in [-0.2, -0.15) is 5.26 Å². The second-order valence-electron chi connectivity index (χ2n) is 17.9. The van der Waals surface area contributed by atoms with Crippen LogP contribution in [0.3, 0.4) is 0 Å². The van der Waals surface area contributed by atoms with Gasteiger partial charge in [0.1, 0.15) is 29.8 Å². The van der Waals surface area contributed by atoms with Crippen molar-refractivity contribution in [2.24, 2.45) is 17.8 Å². The van der Waals surface area contributed by atoms with Crippen LogP contribution in [0.5, 0.6) is 0 Å². The maximum Gasteiger partial charge on any atom is 0.334 e. The van der Waals surface area contributed by atoms with Crippen molar-refractivity contribution in [3.63, 3.8) is 0 Å². The van der Waals surface area contributed by atoms with Gasteiger partial charge in [0.15, 0.2) is 6.10 Å². The molecule has 0 saturated carbocycles. The number of amides is 5. The van der Waals surface area contributed by atoms with Crippen LogP contribution < -0.4 is 16.0 Å². The van der Waals surface area contributed by atoms with Crippen molar-refractivity contribution >= 4 is 53.2 Å². The van der Waals surface area contributed by atoms with Crippen molar-refractivity contribution in [2.75, 3.05) is 32.8 Å². The molecule has 0 unspecified atom stereocenters. The lowest BCUT2D eigenvalue weighted by molar-refractivity contribution is -0.160. The van der Waals surface area contributed by atoms with Gasteiger partial charge in [0.25, 0.3) is 5.91 Å². The second kappa shape index (κ2) is 26.1. The van der Waals surface area contributed by atoms with Gasteiger partial charge in [0.2, 0.25) is 23.6 Å². The predicted molar refractivity (Wildman–Crippen MR) is 250 cm³/mol. The number of nitrogens with zero attached hydrogens (tertiary/aromatic N) is 3. The Morgan fingerprint density at radius 3 is 2.18 bits per heavy atom. The SMILES string of the molecule is C/C=C(\C)[C@H]1OC(=O)C(C)(C)NC(=O)[C@H]([C@H](C)CC)NC(=O)CN(C)C(=O)[C@@H](Cc2ccc(C#N)cc2)N(C)C(=O)[C@H](C)NC(=O)[C@@H](CC(C)C)OC(=O)/C(C)=C/C[C@H](OCSC)[C@@H]1C. The number of cyclic esters (lactones) is 2. The van der Waals surface area contributed by atoms with Crippen LogP contribution in [0.1, 0.15) is 107 Å². The maximum absolute atomic E-state index is 14.3. The largest absolute Gasteiger partial charge is 0.456 e. The molecule has 1 aromatic carbocycles. The van der Waals surface area contributed by atoms with Crippen molar-refractivity contribution in [1.29, 1.82) is 5.26 Å². The first kappa shape index (κ1) is 55.9. The Balaban J connectivity index is 2.74. The minimum absolute atomic E-state index is 0.0158. The maximum atomic E-state index is 14.3. The second-order valence-corrected chi connectivity index (χ2v) is 18.7. The molecule has 17 heteroatoms. The molecule has 1 aliphatic rings. The molecule has 0 fully saturated rings. The number of hydrogen-bond donors (Lipinski definition) is 3. The van der Waals surface area contributed by atoms with Gasteiger partial charge in [0.05, 0.1) is 30.2 Å². The molecule has 0 aliphatic carbocycles. The lowest BCUT2D eigenvalue weighted by Crippen LogP contribution is -2.60. The average molecular weight is 925 g/mol. The number of rotatable bonds is 10. The van der Waals surface area contributed by atoms with Crippen LogP contribution in [0.4, 0.5) is 0 Å². The summed E-state index contributed by atoms with van der Waals surface area (Å²) in [6.07, 6.45) is 3.53. The zero-order valence-electron chi connectivity index (χ0n) is 40.7. The number of nitriles is 1. The smallest absolute Gasteiger partial charge is 0.334 e. The molecule has 0 aromatic heterocycles. The summed E-state index contributed by atoms with van der Waals surface area (Å²) in [6.45, 7) is 18.4. The van der Waals surface area contributed by atoms with Crippen LogP contribution in [-0.2, 0) is 54.2 Å². The van der Waals surface area contributed by atoms with Gasteiger partial charge in [-0.25, -0.2) is 9.59 Å². The number of allylic oxidation sites excluding steroid dienone is 1. The van der Waals surface area contributed by atoms with Gasteiger partial charge in [-0.1, -0.05) is 65.3 Å². The predicted octanol–water partition coefficient (Wildman–Crippen LogP) is 4.84.